The number of hydrogen-bond donors (Lipinski definition) is 2. The topological polar surface area (TPSA) is 38.0 Å². The van der Waals surface area contributed by atoms with Gasteiger partial charge in [0.15, 0.2) is 0 Å². The van der Waals surface area contributed by atoms with E-state index in [1.54, 1.807) is 0 Å². The second-order valence-corrected chi connectivity index (χ2v) is 5.33. The van der Waals surface area contributed by atoms with Crippen LogP contribution in [0.25, 0.3) is 0 Å². The SMILES string of the molecule is CC(C)c1ccc(NCC2(CN)CC2)cc1. The number of hydrogen-bond acceptors (Lipinski definition) is 2. The molecule has 0 heterocycles. The molecule has 0 aliphatic heterocycles. The molecule has 1 fully saturated rings. The summed E-state index contributed by atoms with van der Waals surface area (Å²) in [6.45, 7) is 6.26. The highest BCUT2D eigenvalue weighted by molar-refractivity contribution is 5.45. The molecule has 2 heteroatoms. The smallest absolute Gasteiger partial charge is 0.0340 e. The summed E-state index contributed by atoms with van der Waals surface area (Å²) < 4.78 is 0. The number of nitrogens with two attached hydrogens (primary N) is 1. The molecule has 1 aromatic rings. The van der Waals surface area contributed by atoms with Crippen LogP contribution in [0.3, 0.4) is 0 Å². The number of anilines is 1. The van der Waals surface area contributed by atoms with Crippen molar-refractivity contribution in [2.24, 2.45) is 11.1 Å². The van der Waals surface area contributed by atoms with Crippen molar-refractivity contribution in [1.82, 2.24) is 0 Å². The summed E-state index contributed by atoms with van der Waals surface area (Å²) in [6, 6.07) is 8.74. The van der Waals surface area contributed by atoms with Crippen LogP contribution in [-0.2, 0) is 0 Å². The van der Waals surface area contributed by atoms with E-state index in [4.69, 9.17) is 5.73 Å². The Hall–Kier alpha value is -1.02. The lowest BCUT2D eigenvalue weighted by Crippen LogP contribution is -2.24. The first kappa shape index (κ1) is 11.5. The molecule has 1 aliphatic carbocycles. The molecule has 1 aromatic carbocycles. The summed E-state index contributed by atoms with van der Waals surface area (Å²) in [4.78, 5) is 0. The molecule has 0 atom stereocenters. The molecule has 0 aromatic heterocycles. The van der Waals surface area contributed by atoms with Gasteiger partial charge in [-0.15, -0.1) is 0 Å². The fourth-order valence-electron chi connectivity index (χ4n) is 1.91. The van der Waals surface area contributed by atoms with Gasteiger partial charge in [-0.3, -0.25) is 0 Å². The standard InChI is InChI=1S/C14H22N2/c1-11(2)12-3-5-13(6-4-12)16-10-14(9-15)7-8-14/h3-6,11,16H,7-10,15H2,1-2H3. The van der Waals surface area contributed by atoms with E-state index >= 15 is 0 Å². The number of rotatable bonds is 5. The van der Waals surface area contributed by atoms with Gasteiger partial charge in [-0.2, -0.15) is 0 Å². The molecule has 0 unspecified atom stereocenters. The van der Waals surface area contributed by atoms with Gasteiger partial charge in [-0.25, -0.2) is 0 Å². The second kappa shape index (κ2) is 4.46. The Morgan fingerprint density at radius 2 is 1.88 bits per heavy atom. The fourth-order valence-corrected chi connectivity index (χ4v) is 1.91. The lowest BCUT2D eigenvalue weighted by Gasteiger charge is -2.15. The maximum absolute atomic E-state index is 5.76. The summed E-state index contributed by atoms with van der Waals surface area (Å²) in [5, 5.41) is 3.48. The van der Waals surface area contributed by atoms with Crippen LogP contribution in [0.5, 0.6) is 0 Å². The first-order valence-electron chi connectivity index (χ1n) is 6.19. The molecule has 88 valence electrons. The average Bonchev–Trinajstić information content (AvgIpc) is 3.08. The third-order valence-corrected chi connectivity index (χ3v) is 3.63. The molecular formula is C14H22N2. The van der Waals surface area contributed by atoms with Crippen LogP contribution in [0.1, 0.15) is 38.2 Å². The minimum atomic E-state index is 0.400. The minimum absolute atomic E-state index is 0.400. The van der Waals surface area contributed by atoms with Crippen LogP contribution >= 0.6 is 0 Å². The molecular weight excluding hydrogens is 196 g/mol. The summed E-state index contributed by atoms with van der Waals surface area (Å²) in [5.41, 5.74) is 8.76. The van der Waals surface area contributed by atoms with Crippen molar-refractivity contribution in [3.8, 4) is 0 Å². The molecule has 0 radical (unpaired) electrons. The quantitative estimate of drug-likeness (QED) is 0.797. The van der Waals surface area contributed by atoms with Crippen LogP contribution in [0.4, 0.5) is 5.69 Å². The van der Waals surface area contributed by atoms with E-state index < -0.39 is 0 Å². The highest BCUT2D eigenvalue weighted by Gasteiger charge is 2.40. The van der Waals surface area contributed by atoms with Crippen molar-refractivity contribution in [2.45, 2.75) is 32.6 Å². The van der Waals surface area contributed by atoms with Crippen molar-refractivity contribution in [1.29, 1.82) is 0 Å². The monoisotopic (exact) mass is 218 g/mol. The van der Waals surface area contributed by atoms with Crippen molar-refractivity contribution in [3.63, 3.8) is 0 Å². The van der Waals surface area contributed by atoms with Crippen molar-refractivity contribution in [3.05, 3.63) is 29.8 Å². The second-order valence-electron chi connectivity index (χ2n) is 5.33. The van der Waals surface area contributed by atoms with E-state index in [9.17, 15) is 0 Å². The normalized spacial score (nSPS) is 17.5. The van der Waals surface area contributed by atoms with Gasteiger partial charge in [0.1, 0.15) is 0 Å². The summed E-state index contributed by atoms with van der Waals surface area (Å²) >= 11 is 0. The summed E-state index contributed by atoms with van der Waals surface area (Å²) in [7, 11) is 0. The molecule has 0 saturated heterocycles. The van der Waals surface area contributed by atoms with Gasteiger partial charge in [0.2, 0.25) is 0 Å². The molecule has 1 aliphatic rings. The Morgan fingerprint density at radius 3 is 2.31 bits per heavy atom. The first-order valence-corrected chi connectivity index (χ1v) is 6.19. The lowest BCUT2D eigenvalue weighted by atomic mass is 10.0. The van der Waals surface area contributed by atoms with Gasteiger partial charge in [0, 0.05) is 12.2 Å². The summed E-state index contributed by atoms with van der Waals surface area (Å²) in [6.07, 6.45) is 2.56. The molecule has 0 spiro atoms. The zero-order valence-electron chi connectivity index (χ0n) is 10.3. The lowest BCUT2D eigenvalue weighted by molar-refractivity contribution is 0.556. The molecule has 2 rings (SSSR count). The Morgan fingerprint density at radius 1 is 1.25 bits per heavy atom. The van der Waals surface area contributed by atoms with E-state index in [-0.39, 0.29) is 0 Å². The predicted octanol–water partition coefficient (Wildman–Crippen LogP) is 2.96. The minimum Gasteiger partial charge on any atom is -0.384 e. The van der Waals surface area contributed by atoms with Gasteiger partial charge in [0.05, 0.1) is 0 Å². The first-order chi connectivity index (χ1) is 7.65. The largest absolute Gasteiger partial charge is 0.384 e. The molecule has 1 saturated carbocycles. The Labute approximate surface area is 98.2 Å². The highest BCUT2D eigenvalue weighted by atomic mass is 14.9. The van der Waals surface area contributed by atoms with Gasteiger partial charge in [-0.1, -0.05) is 26.0 Å². The molecule has 0 amide bonds. The van der Waals surface area contributed by atoms with Crippen LogP contribution < -0.4 is 11.1 Å². The third kappa shape index (κ3) is 2.56. The Kier molecular flexibility index (Phi) is 3.20. The number of nitrogens with one attached hydrogen (secondary N) is 1. The zero-order chi connectivity index (χ0) is 11.6. The fraction of sp³-hybridized carbons (Fsp3) is 0.571. The van der Waals surface area contributed by atoms with Gasteiger partial charge in [0.25, 0.3) is 0 Å². The van der Waals surface area contributed by atoms with Crippen molar-refractivity contribution < 1.29 is 0 Å². The maximum atomic E-state index is 5.76. The van der Waals surface area contributed by atoms with Crippen molar-refractivity contribution in [2.75, 3.05) is 18.4 Å². The van der Waals surface area contributed by atoms with E-state index in [0.717, 1.165) is 13.1 Å². The van der Waals surface area contributed by atoms with E-state index in [1.165, 1.54) is 24.1 Å². The average molecular weight is 218 g/mol. The van der Waals surface area contributed by atoms with Gasteiger partial charge >= 0.3 is 0 Å². The van der Waals surface area contributed by atoms with E-state index in [1.807, 2.05) is 0 Å². The Bertz CT molecular complexity index is 336. The van der Waals surface area contributed by atoms with E-state index in [0.29, 0.717) is 11.3 Å². The maximum Gasteiger partial charge on any atom is 0.0340 e. The summed E-state index contributed by atoms with van der Waals surface area (Å²) in [5.74, 6) is 0.605. The number of benzene rings is 1. The zero-order valence-corrected chi connectivity index (χ0v) is 10.3. The van der Waals surface area contributed by atoms with Gasteiger partial charge < -0.3 is 11.1 Å². The Balaban J connectivity index is 1.90. The predicted molar refractivity (Wildman–Crippen MR) is 69.7 cm³/mol. The molecule has 3 N–H and O–H groups in total. The highest BCUT2D eigenvalue weighted by Crippen LogP contribution is 2.44. The molecule has 16 heavy (non-hydrogen) atoms. The van der Waals surface area contributed by atoms with Crippen LogP contribution in [-0.4, -0.2) is 13.1 Å². The van der Waals surface area contributed by atoms with Crippen LogP contribution in [0, 0.1) is 5.41 Å². The van der Waals surface area contributed by atoms with E-state index in [2.05, 4.69) is 43.4 Å². The van der Waals surface area contributed by atoms with Crippen molar-refractivity contribution >= 4 is 5.69 Å². The third-order valence-electron chi connectivity index (χ3n) is 3.63. The molecule has 0 bridgehead atoms. The molecule has 2 nitrogen and oxygen atoms in total. The van der Waals surface area contributed by atoms with Crippen LogP contribution in [0.15, 0.2) is 24.3 Å². The van der Waals surface area contributed by atoms with Crippen LogP contribution in [0.2, 0.25) is 0 Å². The van der Waals surface area contributed by atoms with Gasteiger partial charge in [-0.05, 0) is 48.4 Å².